The zero-order valence-electron chi connectivity index (χ0n) is 19.2. The predicted octanol–water partition coefficient (Wildman–Crippen LogP) is 2.72. The number of nitrogens with one attached hydrogen (secondary N) is 2. The second kappa shape index (κ2) is 8.07. The molecule has 4 atom stereocenters. The van der Waals surface area contributed by atoms with Crippen LogP contribution in [0.4, 0.5) is 11.5 Å². The van der Waals surface area contributed by atoms with Crippen LogP contribution in [0.1, 0.15) is 31.0 Å². The van der Waals surface area contributed by atoms with Gasteiger partial charge in [0.05, 0.1) is 17.6 Å². The number of piperidine rings is 1. The zero-order valence-corrected chi connectivity index (χ0v) is 20.8. The summed E-state index contributed by atoms with van der Waals surface area (Å²) in [5.41, 5.74) is 4.07. The SMILES string of the molecule is C[C@@H]1Cc2ncnc(N3C[C@H]4CC[C@@H](C3)[C@H]4NS(C)(=O)=O)c2CN1c1cc(Cl)nc2[nH]ccc12. The molecule has 34 heavy (non-hydrogen) atoms. The van der Waals surface area contributed by atoms with E-state index in [9.17, 15) is 8.42 Å². The molecule has 3 aromatic rings. The van der Waals surface area contributed by atoms with Crippen LogP contribution >= 0.6 is 11.6 Å². The lowest BCUT2D eigenvalue weighted by Gasteiger charge is -2.42. The van der Waals surface area contributed by atoms with Crippen LogP contribution in [-0.4, -0.2) is 59.8 Å². The first-order valence-corrected chi connectivity index (χ1v) is 14.0. The first-order chi connectivity index (χ1) is 16.3. The number of fused-ring (bicyclic) bond motifs is 4. The van der Waals surface area contributed by atoms with Gasteiger partial charge in [-0.05, 0) is 43.7 Å². The molecule has 3 aliphatic rings. The monoisotopic (exact) mass is 501 g/mol. The Morgan fingerprint density at radius 2 is 1.97 bits per heavy atom. The Labute approximate surface area is 204 Å². The molecule has 6 rings (SSSR count). The van der Waals surface area contributed by atoms with Crippen molar-refractivity contribution in [2.45, 2.75) is 44.8 Å². The van der Waals surface area contributed by atoms with E-state index in [1.54, 1.807) is 6.33 Å². The lowest BCUT2D eigenvalue weighted by molar-refractivity contribution is 0.330. The molecule has 0 aromatic carbocycles. The molecule has 2 aliphatic heterocycles. The summed E-state index contributed by atoms with van der Waals surface area (Å²) in [7, 11) is -3.23. The fourth-order valence-electron chi connectivity index (χ4n) is 6.15. The summed E-state index contributed by atoms with van der Waals surface area (Å²) < 4.78 is 26.7. The average Bonchev–Trinajstić information content (AvgIpc) is 3.31. The molecule has 0 radical (unpaired) electrons. The smallest absolute Gasteiger partial charge is 0.208 e. The van der Waals surface area contributed by atoms with Gasteiger partial charge in [0.15, 0.2) is 0 Å². The van der Waals surface area contributed by atoms with Crippen LogP contribution in [0, 0.1) is 11.8 Å². The number of aromatic amines is 1. The summed E-state index contributed by atoms with van der Waals surface area (Å²) in [6.07, 6.45) is 7.70. The fraction of sp³-hybridized carbons (Fsp3) is 0.522. The van der Waals surface area contributed by atoms with Crippen molar-refractivity contribution < 1.29 is 8.42 Å². The topological polar surface area (TPSA) is 107 Å². The molecule has 0 amide bonds. The van der Waals surface area contributed by atoms with Crippen LogP contribution in [-0.2, 0) is 23.0 Å². The van der Waals surface area contributed by atoms with E-state index >= 15 is 0 Å². The Morgan fingerprint density at radius 1 is 1.21 bits per heavy atom. The minimum Gasteiger partial charge on any atom is -0.363 e. The van der Waals surface area contributed by atoms with Crippen molar-refractivity contribution in [2.75, 3.05) is 29.1 Å². The van der Waals surface area contributed by atoms with Gasteiger partial charge in [0.25, 0.3) is 0 Å². The average molecular weight is 502 g/mol. The highest BCUT2D eigenvalue weighted by Crippen LogP contribution is 2.41. The Hall–Kier alpha value is -2.43. The normalized spacial score (nSPS) is 26.8. The van der Waals surface area contributed by atoms with E-state index in [1.807, 2.05) is 18.3 Å². The Morgan fingerprint density at radius 3 is 2.71 bits per heavy atom. The van der Waals surface area contributed by atoms with Crippen molar-refractivity contribution in [3.63, 3.8) is 0 Å². The molecule has 0 spiro atoms. The highest BCUT2D eigenvalue weighted by atomic mass is 35.5. The van der Waals surface area contributed by atoms with E-state index < -0.39 is 10.0 Å². The number of nitrogens with zero attached hydrogens (tertiary/aromatic N) is 5. The van der Waals surface area contributed by atoms with Crippen molar-refractivity contribution >= 4 is 44.2 Å². The van der Waals surface area contributed by atoms with Gasteiger partial charge in [-0.1, -0.05) is 11.6 Å². The van der Waals surface area contributed by atoms with E-state index in [0.717, 1.165) is 66.1 Å². The quantitative estimate of drug-likeness (QED) is 0.529. The third kappa shape index (κ3) is 3.81. The molecule has 3 aromatic heterocycles. The summed E-state index contributed by atoms with van der Waals surface area (Å²) >= 11 is 6.36. The summed E-state index contributed by atoms with van der Waals surface area (Å²) in [5, 5.41) is 1.51. The zero-order chi connectivity index (χ0) is 23.6. The summed E-state index contributed by atoms with van der Waals surface area (Å²) in [6.45, 7) is 4.49. The van der Waals surface area contributed by atoms with Gasteiger partial charge in [0.2, 0.25) is 10.0 Å². The van der Waals surface area contributed by atoms with Crippen LogP contribution < -0.4 is 14.5 Å². The molecule has 0 unspecified atom stereocenters. The van der Waals surface area contributed by atoms with Gasteiger partial charge in [-0.3, -0.25) is 0 Å². The highest BCUT2D eigenvalue weighted by Gasteiger charge is 2.44. The number of aromatic nitrogens is 4. The number of pyridine rings is 1. The lowest BCUT2D eigenvalue weighted by Crippen LogP contribution is -2.53. The van der Waals surface area contributed by atoms with Crippen molar-refractivity contribution in [1.82, 2.24) is 24.7 Å². The third-order valence-electron chi connectivity index (χ3n) is 7.63. The van der Waals surface area contributed by atoms with E-state index in [-0.39, 0.29) is 23.9 Å². The van der Waals surface area contributed by atoms with Gasteiger partial charge < -0.3 is 14.8 Å². The number of rotatable bonds is 4. The van der Waals surface area contributed by atoms with Gasteiger partial charge in [-0.25, -0.2) is 28.1 Å². The molecule has 180 valence electrons. The van der Waals surface area contributed by atoms with Crippen LogP contribution in [0.5, 0.6) is 0 Å². The Kier molecular flexibility index (Phi) is 5.23. The van der Waals surface area contributed by atoms with Crippen LogP contribution in [0.2, 0.25) is 5.15 Å². The van der Waals surface area contributed by atoms with E-state index in [0.29, 0.717) is 11.7 Å². The van der Waals surface area contributed by atoms with Gasteiger partial charge in [0, 0.05) is 55.3 Å². The largest absolute Gasteiger partial charge is 0.363 e. The molecule has 1 aliphatic carbocycles. The summed E-state index contributed by atoms with van der Waals surface area (Å²) in [5.74, 6) is 1.55. The van der Waals surface area contributed by atoms with Crippen LogP contribution in [0.25, 0.3) is 11.0 Å². The maximum Gasteiger partial charge on any atom is 0.208 e. The molecular formula is C23H28ClN7O2S. The Bertz CT molecular complexity index is 1350. The number of hydrogen-bond donors (Lipinski definition) is 2. The first-order valence-electron chi connectivity index (χ1n) is 11.7. The van der Waals surface area contributed by atoms with Gasteiger partial charge in [0.1, 0.15) is 22.9 Å². The lowest BCUT2D eigenvalue weighted by atomic mass is 9.92. The highest BCUT2D eigenvalue weighted by molar-refractivity contribution is 7.88. The van der Waals surface area contributed by atoms with Gasteiger partial charge >= 0.3 is 0 Å². The standard InChI is InChI=1S/C23H28ClN7O2S/c1-13-7-18-17(11-31(13)19-8-20(24)28-22-16(19)5-6-25-22)23(27-12-26-18)30-9-14-3-4-15(10-30)21(14)29-34(2,32)33/h5-6,8,12-15,21,29H,3-4,7,9-11H2,1-2H3,(H,25,28)/t13-,14-,15+,21+/m1/s1. The first kappa shape index (κ1) is 22.1. The second-order valence-corrected chi connectivity index (χ2v) is 12.1. The summed E-state index contributed by atoms with van der Waals surface area (Å²) in [4.78, 5) is 21.7. The number of hydrogen-bond acceptors (Lipinski definition) is 7. The maximum atomic E-state index is 11.9. The van der Waals surface area contributed by atoms with E-state index in [4.69, 9.17) is 16.6 Å². The van der Waals surface area contributed by atoms with Crippen LogP contribution in [0.3, 0.4) is 0 Å². The number of sulfonamides is 1. The van der Waals surface area contributed by atoms with E-state index in [2.05, 4.69) is 36.4 Å². The predicted molar refractivity (Wildman–Crippen MR) is 133 cm³/mol. The van der Waals surface area contributed by atoms with Crippen LogP contribution in [0.15, 0.2) is 24.7 Å². The van der Waals surface area contributed by atoms with Gasteiger partial charge in [-0.2, -0.15) is 0 Å². The summed E-state index contributed by atoms with van der Waals surface area (Å²) in [6, 6.07) is 4.23. The molecule has 2 fully saturated rings. The Balaban J connectivity index is 1.33. The molecule has 5 heterocycles. The fourth-order valence-corrected chi connectivity index (χ4v) is 7.22. The van der Waals surface area contributed by atoms with Crippen molar-refractivity contribution in [1.29, 1.82) is 0 Å². The van der Waals surface area contributed by atoms with Crippen molar-refractivity contribution in [2.24, 2.45) is 11.8 Å². The molecule has 1 saturated carbocycles. The number of H-pyrrole nitrogens is 1. The van der Waals surface area contributed by atoms with E-state index in [1.165, 1.54) is 6.26 Å². The molecule has 1 saturated heterocycles. The molecule has 2 bridgehead atoms. The molecular weight excluding hydrogens is 474 g/mol. The molecule has 9 nitrogen and oxygen atoms in total. The molecule has 11 heteroatoms. The molecule has 2 N–H and O–H groups in total. The maximum absolute atomic E-state index is 11.9. The third-order valence-corrected chi connectivity index (χ3v) is 8.52. The van der Waals surface area contributed by atoms with Crippen molar-refractivity contribution in [3.8, 4) is 0 Å². The second-order valence-electron chi connectivity index (χ2n) is 9.93. The number of halogens is 1. The van der Waals surface area contributed by atoms with Crippen molar-refractivity contribution in [3.05, 3.63) is 41.1 Å². The minimum absolute atomic E-state index is 0.0151. The minimum atomic E-state index is -3.23. The number of anilines is 2. The van der Waals surface area contributed by atoms with Gasteiger partial charge in [-0.15, -0.1) is 0 Å².